The molecule has 3 heterocycles. The predicted molar refractivity (Wildman–Crippen MR) is 93.3 cm³/mol. The van der Waals surface area contributed by atoms with Gasteiger partial charge in [-0.3, -0.25) is 0 Å². The summed E-state index contributed by atoms with van der Waals surface area (Å²) in [5, 5.41) is 4.03. The number of hydrogen-bond donors (Lipinski definition) is 3. The zero-order valence-corrected chi connectivity index (χ0v) is 14.9. The number of H-pyrrole nitrogens is 1. The van der Waals surface area contributed by atoms with Gasteiger partial charge in [-0.05, 0) is 36.9 Å². The third-order valence-electron chi connectivity index (χ3n) is 4.51. The summed E-state index contributed by atoms with van der Waals surface area (Å²) in [5.41, 5.74) is 0.668. The SMILES string of the molecule is CC1(C)CCCNC1CNS(=O)(=O)c1c[nH]c2ncccc12.Cl. The van der Waals surface area contributed by atoms with Gasteiger partial charge < -0.3 is 10.3 Å². The molecule has 1 atom stereocenters. The largest absolute Gasteiger partial charge is 0.345 e. The van der Waals surface area contributed by atoms with Crippen molar-refractivity contribution in [2.45, 2.75) is 37.6 Å². The van der Waals surface area contributed by atoms with E-state index in [1.54, 1.807) is 18.3 Å². The second kappa shape index (κ2) is 6.76. The van der Waals surface area contributed by atoms with Gasteiger partial charge in [0.1, 0.15) is 10.5 Å². The number of fused-ring (bicyclic) bond motifs is 1. The van der Waals surface area contributed by atoms with E-state index in [9.17, 15) is 8.42 Å². The molecule has 2 aromatic heterocycles. The van der Waals surface area contributed by atoms with Crippen LogP contribution in [0.4, 0.5) is 0 Å². The summed E-state index contributed by atoms with van der Waals surface area (Å²) in [7, 11) is -3.55. The maximum Gasteiger partial charge on any atom is 0.242 e. The first-order valence-corrected chi connectivity index (χ1v) is 9.04. The van der Waals surface area contributed by atoms with Crippen molar-refractivity contribution in [1.82, 2.24) is 20.0 Å². The van der Waals surface area contributed by atoms with Gasteiger partial charge in [0.25, 0.3) is 0 Å². The summed E-state index contributed by atoms with van der Waals surface area (Å²) in [4.78, 5) is 7.28. The van der Waals surface area contributed by atoms with Crippen LogP contribution in [0.25, 0.3) is 11.0 Å². The van der Waals surface area contributed by atoms with Crippen molar-refractivity contribution in [3.05, 3.63) is 24.5 Å². The van der Waals surface area contributed by atoms with E-state index in [1.165, 1.54) is 6.20 Å². The van der Waals surface area contributed by atoms with Crippen molar-refractivity contribution in [2.24, 2.45) is 5.41 Å². The molecule has 6 nitrogen and oxygen atoms in total. The van der Waals surface area contributed by atoms with Gasteiger partial charge in [-0.15, -0.1) is 12.4 Å². The van der Waals surface area contributed by atoms with E-state index >= 15 is 0 Å². The number of aromatic amines is 1. The molecule has 3 rings (SSSR count). The zero-order chi connectivity index (χ0) is 15.8. The summed E-state index contributed by atoms with van der Waals surface area (Å²) >= 11 is 0. The van der Waals surface area contributed by atoms with Gasteiger partial charge in [-0.2, -0.15) is 0 Å². The molecule has 8 heteroatoms. The standard InChI is InChI=1S/C15H22N4O2S.ClH/c1-15(2)6-4-8-16-13(15)10-19-22(20,21)12-9-18-14-11(12)5-3-7-17-14;/h3,5,7,9,13,16,19H,4,6,8,10H2,1-2H3,(H,17,18);1H. The van der Waals surface area contributed by atoms with Crippen LogP contribution in [0.1, 0.15) is 26.7 Å². The monoisotopic (exact) mass is 358 g/mol. The second-order valence-electron chi connectivity index (χ2n) is 6.50. The molecule has 0 spiro atoms. The highest BCUT2D eigenvalue weighted by atomic mass is 35.5. The van der Waals surface area contributed by atoms with E-state index in [0.29, 0.717) is 17.6 Å². The Labute approximate surface area is 142 Å². The number of aromatic nitrogens is 2. The molecule has 0 radical (unpaired) electrons. The fourth-order valence-electron chi connectivity index (χ4n) is 3.04. The van der Waals surface area contributed by atoms with Crippen LogP contribution < -0.4 is 10.0 Å². The van der Waals surface area contributed by atoms with Crippen LogP contribution in [0.2, 0.25) is 0 Å². The highest BCUT2D eigenvalue weighted by Gasteiger charge is 2.33. The Morgan fingerprint density at radius 1 is 1.43 bits per heavy atom. The minimum atomic E-state index is -3.55. The zero-order valence-electron chi connectivity index (χ0n) is 13.3. The van der Waals surface area contributed by atoms with E-state index in [4.69, 9.17) is 0 Å². The van der Waals surface area contributed by atoms with E-state index < -0.39 is 10.0 Å². The van der Waals surface area contributed by atoms with Crippen LogP contribution in [-0.4, -0.2) is 37.5 Å². The molecule has 0 aromatic carbocycles. The first-order chi connectivity index (χ1) is 10.4. The van der Waals surface area contributed by atoms with Crippen LogP contribution in [0, 0.1) is 5.41 Å². The average Bonchev–Trinajstić information content (AvgIpc) is 2.90. The summed E-state index contributed by atoms with van der Waals surface area (Å²) < 4.78 is 27.9. The van der Waals surface area contributed by atoms with Crippen LogP contribution in [0.3, 0.4) is 0 Å². The van der Waals surface area contributed by atoms with Crippen molar-refractivity contribution in [2.75, 3.05) is 13.1 Å². The quantitative estimate of drug-likeness (QED) is 0.780. The first kappa shape index (κ1) is 18.2. The van der Waals surface area contributed by atoms with Gasteiger partial charge in [-0.1, -0.05) is 13.8 Å². The van der Waals surface area contributed by atoms with Crippen LogP contribution in [0.5, 0.6) is 0 Å². The maximum atomic E-state index is 12.6. The number of halogens is 1. The normalized spacial score (nSPS) is 21.0. The second-order valence-corrected chi connectivity index (χ2v) is 8.24. The Kier molecular flexibility index (Phi) is 5.35. The highest BCUT2D eigenvalue weighted by molar-refractivity contribution is 7.89. The number of nitrogens with zero attached hydrogens (tertiary/aromatic N) is 1. The Bertz CT molecular complexity index is 773. The van der Waals surface area contributed by atoms with Crippen LogP contribution >= 0.6 is 12.4 Å². The Balaban J connectivity index is 0.00000192. The number of nitrogens with one attached hydrogen (secondary N) is 3. The number of hydrogen-bond acceptors (Lipinski definition) is 4. The van der Waals surface area contributed by atoms with Crippen LogP contribution in [-0.2, 0) is 10.0 Å². The van der Waals surface area contributed by atoms with Crippen molar-refractivity contribution in [3.8, 4) is 0 Å². The number of sulfonamides is 1. The fourth-order valence-corrected chi connectivity index (χ4v) is 4.25. The topological polar surface area (TPSA) is 86.9 Å². The molecule has 1 aliphatic rings. The molecular weight excluding hydrogens is 336 g/mol. The van der Waals surface area contributed by atoms with Crippen molar-refractivity contribution in [1.29, 1.82) is 0 Å². The van der Waals surface area contributed by atoms with Gasteiger partial charge >= 0.3 is 0 Å². The third-order valence-corrected chi connectivity index (χ3v) is 5.98. The highest BCUT2D eigenvalue weighted by Crippen LogP contribution is 2.30. The molecule has 1 unspecified atom stereocenters. The lowest BCUT2D eigenvalue weighted by atomic mass is 9.78. The lowest BCUT2D eigenvalue weighted by Crippen LogP contribution is -2.52. The number of piperidine rings is 1. The third kappa shape index (κ3) is 3.68. The molecule has 1 fully saturated rings. The first-order valence-electron chi connectivity index (χ1n) is 7.55. The van der Waals surface area contributed by atoms with Crippen molar-refractivity contribution < 1.29 is 8.42 Å². The lowest BCUT2D eigenvalue weighted by molar-refractivity contribution is 0.182. The number of rotatable bonds is 4. The molecule has 3 N–H and O–H groups in total. The summed E-state index contributed by atoms with van der Waals surface area (Å²) in [6, 6.07) is 3.64. The average molecular weight is 359 g/mol. The fraction of sp³-hybridized carbons (Fsp3) is 0.533. The molecule has 0 aliphatic carbocycles. The molecule has 2 aromatic rings. The molecular formula is C15H23ClN4O2S. The van der Waals surface area contributed by atoms with E-state index in [2.05, 4.69) is 33.9 Å². The molecule has 23 heavy (non-hydrogen) atoms. The molecule has 0 saturated carbocycles. The summed E-state index contributed by atoms with van der Waals surface area (Å²) in [5.74, 6) is 0. The van der Waals surface area contributed by atoms with Gasteiger partial charge in [-0.25, -0.2) is 18.1 Å². The maximum absolute atomic E-state index is 12.6. The minimum Gasteiger partial charge on any atom is -0.345 e. The Morgan fingerprint density at radius 3 is 2.96 bits per heavy atom. The molecule has 0 bridgehead atoms. The molecule has 1 saturated heterocycles. The van der Waals surface area contributed by atoms with Gasteiger partial charge in [0.2, 0.25) is 10.0 Å². The van der Waals surface area contributed by atoms with E-state index in [1.807, 2.05) is 0 Å². The summed E-state index contributed by atoms with van der Waals surface area (Å²) in [6.45, 7) is 5.68. The van der Waals surface area contributed by atoms with E-state index in [-0.39, 0.29) is 28.8 Å². The molecule has 128 valence electrons. The van der Waals surface area contributed by atoms with Gasteiger partial charge in [0.05, 0.1) is 0 Å². The van der Waals surface area contributed by atoms with Crippen LogP contribution in [0.15, 0.2) is 29.4 Å². The lowest BCUT2D eigenvalue weighted by Gasteiger charge is -2.39. The molecule has 0 amide bonds. The molecule has 1 aliphatic heterocycles. The van der Waals surface area contributed by atoms with Crippen molar-refractivity contribution in [3.63, 3.8) is 0 Å². The van der Waals surface area contributed by atoms with Crippen molar-refractivity contribution >= 4 is 33.5 Å². The minimum absolute atomic E-state index is 0. The number of pyridine rings is 1. The smallest absolute Gasteiger partial charge is 0.242 e. The van der Waals surface area contributed by atoms with Gasteiger partial charge in [0, 0.05) is 30.4 Å². The summed E-state index contributed by atoms with van der Waals surface area (Å²) in [6.07, 6.45) is 5.37. The Hall–Kier alpha value is -1.15. The van der Waals surface area contributed by atoms with Gasteiger partial charge in [0.15, 0.2) is 0 Å². The predicted octanol–water partition coefficient (Wildman–Crippen LogP) is 2.04. The Morgan fingerprint density at radius 2 is 2.22 bits per heavy atom. The van der Waals surface area contributed by atoms with E-state index in [0.717, 1.165) is 19.4 Å².